The molecule has 0 saturated heterocycles. The highest BCUT2D eigenvalue weighted by molar-refractivity contribution is 7.92. The number of anilines is 1. The van der Waals surface area contributed by atoms with Gasteiger partial charge in [0.1, 0.15) is 18.3 Å². The first-order valence-corrected chi connectivity index (χ1v) is 16.5. The minimum atomic E-state index is -4.24. The summed E-state index contributed by atoms with van der Waals surface area (Å²) >= 11 is 18.4. The van der Waals surface area contributed by atoms with Crippen molar-refractivity contribution in [2.45, 2.75) is 51.6 Å². The molecule has 3 aromatic rings. The maximum Gasteiger partial charge on any atom is 0.264 e. The summed E-state index contributed by atoms with van der Waals surface area (Å²) in [5.41, 5.74) is 0.879. The van der Waals surface area contributed by atoms with E-state index >= 15 is 0 Å². The monoisotopic (exact) mass is 667 g/mol. The fourth-order valence-electron chi connectivity index (χ4n) is 4.31. The van der Waals surface area contributed by atoms with Crippen molar-refractivity contribution in [3.8, 4) is 5.75 Å². The van der Waals surface area contributed by atoms with Crippen LogP contribution in [0.25, 0.3) is 0 Å². The number of nitrogens with zero attached hydrogens (tertiary/aromatic N) is 2. The standard InChI is InChI=1S/C31H36Cl3N3O5S/c1-5-29(31(39)35-18-21(3)4)36(19-22-7-16-27(33)28(34)17-22)30(38)20-37(24-10-12-25(13-11-24)42-6-2)43(40,41)26-14-8-23(32)9-15-26/h7-17,21,29H,5-6,18-20H2,1-4H3,(H,35,39). The number of ether oxygens (including phenoxy) is 1. The second-order valence-electron chi connectivity index (χ2n) is 10.2. The molecule has 0 saturated carbocycles. The van der Waals surface area contributed by atoms with Crippen LogP contribution < -0.4 is 14.4 Å². The Morgan fingerprint density at radius 3 is 2.12 bits per heavy atom. The normalized spacial score (nSPS) is 12.1. The molecule has 43 heavy (non-hydrogen) atoms. The van der Waals surface area contributed by atoms with Crippen LogP contribution in [0.1, 0.15) is 39.7 Å². The summed E-state index contributed by atoms with van der Waals surface area (Å²) in [5.74, 6) is -0.169. The quantitative estimate of drug-likeness (QED) is 0.203. The van der Waals surface area contributed by atoms with Crippen LogP contribution in [-0.4, -0.2) is 50.9 Å². The molecule has 1 atom stereocenters. The second kappa shape index (κ2) is 15.7. The molecule has 0 aliphatic rings. The van der Waals surface area contributed by atoms with Crippen LogP contribution in [0.3, 0.4) is 0 Å². The Hall–Kier alpha value is -2.98. The second-order valence-corrected chi connectivity index (χ2v) is 13.3. The van der Waals surface area contributed by atoms with Crippen molar-refractivity contribution < 1.29 is 22.7 Å². The molecule has 12 heteroatoms. The van der Waals surface area contributed by atoms with Crippen molar-refractivity contribution in [3.63, 3.8) is 0 Å². The lowest BCUT2D eigenvalue weighted by atomic mass is 10.1. The number of halogens is 3. The number of benzene rings is 3. The number of sulfonamides is 1. The highest BCUT2D eigenvalue weighted by Crippen LogP contribution is 2.28. The molecule has 0 radical (unpaired) electrons. The molecule has 0 heterocycles. The summed E-state index contributed by atoms with van der Waals surface area (Å²) in [7, 11) is -4.24. The van der Waals surface area contributed by atoms with Gasteiger partial charge >= 0.3 is 0 Å². The van der Waals surface area contributed by atoms with E-state index in [0.29, 0.717) is 46.0 Å². The Labute approximate surface area is 268 Å². The lowest BCUT2D eigenvalue weighted by Gasteiger charge is -2.33. The highest BCUT2D eigenvalue weighted by Gasteiger charge is 2.34. The molecule has 232 valence electrons. The van der Waals surface area contributed by atoms with E-state index in [-0.39, 0.29) is 29.0 Å². The Kier molecular flexibility index (Phi) is 12.6. The summed E-state index contributed by atoms with van der Waals surface area (Å²) in [6, 6.07) is 16.2. The molecular formula is C31H36Cl3N3O5S. The van der Waals surface area contributed by atoms with Crippen LogP contribution in [0.15, 0.2) is 71.6 Å². The Bertz CT molecular complexity index is 1500. The van der Waals surface area contributed by atoms with E-state index in [2.05, 4.69) is 5.32 Å². The molecule has 0 aromatic heterocycles. The van der Waals surface area contributed by atoms with Gasteiger partial charge in [0.25, 0.3) is 10.0 Å². The molecule has 3 aromatic carbocycles. The summed E-state index contributed by atoms with van der Waals surface area (Å²) in [6.07, 6.45) is 0.296. The zero-order chi connectivity index (χ0) is 31.7. The van der Waals surface area contributed by atoms with E-state index in [4.69, 9.17) is 39.5 Å². The number of hydrogen-bond acceptors (Lipinski definition) is 5. The topological polar surface area (TPSA) is 96.0 Å². The van der Waals surface area contributed by atoms with Crippen LogP contribution in [0.4, 0.5) is 5.69 Å². The fourth-order valence-corrected chi connectivity index (χ4v) is 6.18. The average molecular weight is 669 g/mol. The SMILES string of the molecule is CCOc1ccc(N(CC(=O)N(Cc2ccc(Cl)c(Cl)c2)C(CC)C(=O)NCC(C)C)S(=O)(=O)c2ccc(Cl)cc2)cc1. The molecule has 0 spiro atoms. The molecule has 8 nitrogen and oxygen atoms in total. The van der Waals surface area contributed by atoms with E-state index in [1.165, 1.54) is 29.2 Å². The van der Waals surface area contributed by atoms with E-state index in [0.717, 1.165) is 4.31 Å². The number of rotatable bonds is 14. The minimum Gasteiger partial charge on any atom is -0.494 e. The summed E-state index contributed by atoms with van der Waals surface area (Å²) in [6.45, 7) is 7.86. The van der Waals surface area contributed by atoms with Gasteiger partial charge in [-0.25, -0.2) is 8.42 Å². The first kappa shape index (κ1) is 34.5. The van der Waals surface area contributed by atoms with Gasteiger partial charge < -0.3 is 15.0 Å². The largest absolute Gasteiger partial charge is 0.494 e. The molecule has 3 rings (SSSR count). The van der Waals surface area contributed by atoms with Crippen molar-refractivity contribution in [2.24, 2.45) is 5.92 Å². The third-order valence-corrected chi connectivity index (χ3v) is 9.30. The first-order valence-electron chi connectivity index (χ1n) is 13.9. The van der Waals surface area contributed by atoms with Crippen LogP contribution in [-0.2, 0) is 26.2 Å². The minimum absolute atomic E-state index is 0.00143. The zero-order valence-corrected chi connectivity index (χ0v) is 27.6. The van der Waals surface area contributed by atoms with Crippen LogP contribution in [0.5, 0.6) is 5.75 Å². The zero-order valence-electron chi connectivity index (χ0n) is 24.5. The molecule has 2 amide bonds. The molecule has 0 aliphatic heterocycles. The van der Waals surface area contributed by atoms with Gasteiger partial charge in [0.2, 0.25) is 11.8 Å². The number of nitrogens with one attached hydrogen (secondary N) is 1. The van der Waals surface area contributed by atoms with Gasteiger partial charge in [-0.3, -0.25) is 13.9 Å². The van der Waals surface area contributed by atoms with E-state index < -0.39 is 28.5 Å². The maximum absolute atomic E-state index is 14.2. The van der Waals surface area contributed by atoms with Gasteiger partial charge in [-0.1, -0.05) is 61.6 Å². The van der Waals surface area contributed by atoms with Crippen molar-refractivity contribution in [1.29, 1.82) is 0 Å². The molecule has 0 bridgehead atoms. The van der Waals surface area contributed by atoms with Crippen LogP contribution in [0.2, 0.25) is 15.1 Å². The smallest absolute Gasteiger partial charge is 0.264 e. The number of carbonyl (C=O) groups excluding carboxylic acids is 2. The van der Waals surface area contributed by atoms with E-state index in [9.17, 15) is 18.0 Å². The third kappa shape index (κ3) is 9.25. The maximum atomic E-state index is 14.2. The third-order valence-electron chi connectivity index (χ3n) is 6.52. The first-order chi connectivity index (χ1) is 20.4. The molecule has 0 aliphatic carbocycles. The molecule has 1 N–H and O–H groups in total. The highest BCUT2D eigenvalue weighted by atomic mass is 35.5. The molecule has 1 unspecified atom stereocenters. The predicted molar refractivity (Wildman–Crippen MR) is 173 cm³/mol. The number of carbonyl (C=O) groups is 2. The van der Waals surface area contributed by atoms with Crippen LogP contribution >= 0.6 is 34.8 Å². The van der Waals surface area contributed by atoms with Crippen LogP contribution in [0, 0.1) is 5.92 Å². The fraction of sp³-hybridized carbons (Fsp3) is 0.355. The van der Waals surface area contributed by atoms with Gasteiger partial charge in [0.05, 0.1) is 27.2 Å². The lowest BCUT2D eigenvalue weighted by molar-refractivity contribution is -0.140. The summed E-state index contributed by atoms with van der Waals surface area (Å²) in [4.78, 5) is 28.8. The molecular weight excluding hydrogens is 633 g/mol. The van der Waals surface area contributed by atoms with Crippen molar-refractivity contribution in [3.05, 3.63) is 87.4 Å². The summed E-state index contributed by atoms with van der Waals surface area (Å²) < 4.78 is 34.5. The van der Waals surface area contributed by atoms with Crippen molar-refractivity contribution in [2.75, 3.05) is 24.0 Å². The van der Waals surface area contributed by atoms with Gasteiger partial charge in [-0.2, -0.15) is 0 Å². The summed E-state index contributed by atoms with van der Waals surface area (Å²) in [5, 5.41) is 3.91. The Balaban J connectivity index is 2.06. The van der Waals surface area contributed by atoms with Gasteiger partial charge in [0.15, 0.2) is 0 Å². The lowest BCUT2D eigenvalue weighted by Crippen LogP contribution is -2.52. The van der Waals surface area contributed by atoms with Gasteiger partial charge in [-0.15, -0.1) is 0 Å². The Morgan fingerprint density at radius 2 is 1.56 bits per heavy atom. The van der Waals surface area contributed by atoms with E-state index in [1.807, 2.05) is 20.8 Å². The van der Waals surface area contributed by atoms with E-state index in [1.54, 1.807) is 49.4 Å². The van der Waals surface area contributed by atoms with Crippen molar-refractivity contribution in [1.82, 2.24) is 10.2 Å². The number of amides is 2. The Morgan fingerprint density at radius 1 is 0.907 bits per heavy atom. The number of hydrogen-bond donors (Lipinski definition) is 1. The van der Waals surface area contributed by atoms with Gasteiger partial charge in [0, 0.05) is 18.1 Å². The predicted octanol–water partition coefficient (Wildman–Crippen LogP) is 6.82. The average Bonchev–Trinajstić information content (AvgIpc) is 2.97. The molecule has 0 fully saturated rings. The van der Waals surface area contributed by atoms with Gasteiger partial charge in [-0.05, 0) is 85.5 Å². The van der Waals surface area contributed by atoms with Crippen molar-refractivity contribution >= 4 is 62.3 Å².